The third-order valence-corrected chi connectivity index (χ3v) is 6.05. The minimum absolute atomic E-state index is 0.00670. The Labute approximate surface area is 172 Å². The molecular formula is C20H20ClN5OS. The lowest BCUT2D eigenvalue weighted by Crippen LogP contribution is -2.41. The number of nitrogens with one attached hydrogen (secondary N) is 1. The topological polar surface area (TPSA) is 71.0 Å². The molecule has 1 unspecified atom stereocenters. The highest BCUT2D eigenvalue weighted by Gasteiger charge is 2.27. The van der Waals surface area contributed by atoms with E-state index in [2.05, 4.69) is 25.2 Å². The van der Waals surface area contributed by atoms with Gasteiger partial charge in [-0.1, -0.05) is 29.8 Å². The Kier molecular flexibility index (Phi) is 5.83. The summed E-state index contributed by atoms with van der Waals surface area (Å²) in [6.07, 6.45) is 9.38. The molecule has 0 spiro atoms. The van der Waals surface area contributed by atoms with E-state index in [1.807, 2.05) is 24.3 Å². The lowest BCUT2D eigenvalue weighted by molar-refractivity contribution is -0.120. The molecule has 144 valence electrons. The number of aromatic nitrogens is 3. The number of amides is 1. The minimum Gasteiger partial charge on any atom is -0.355 e. The summed E-state index contributed by atoms with van der Waals surface area (Å²) in [4.78, 5) is 28.7. The summed E-state index contributed by atoms with van der Waals surface area (Å²) in [5.41, 5.74) is 1.05. The van der Waals surface area contributed by atoms with Crippen molar-refractivity contribution in [2.45, 2.75) is 19.3 Å². The Morgan fingerprint density at radius 1 is 1.25 bits per heavy atom. The molecule has 1 aliphatic heterocycles. The van der Waals surface area contributed by atoms with Gasteiger partial charge in [-0.3, -0.25) is 9.78 Å². The van der Waals surface area contributed by atoms with Gasteiger partial charge in [0.15, 0.2) is 5.13 Å². The number of piperidine rings is 1. The molecule has 3 heterocycles. The number of rotatable bonds is 5. The van der Waals surface area contributed by atoms with E-state index in [4.69, 9.17) is 11.6 Å². The Bertz CT molecular complexity index is 949. The van der Waals surface area contributed by atoms with Gasteiger partial charge in [0.1, 0.15) is 5.82 Å². The van der Waals surface area contributed by atoms with E-state index in [1.165, 1.54) is 11.3 Å². The highest BCUT2D eigenvalue weighted by Crippen LogP contribution is 2.26. The molecule has 6 nitrogen and oxygen atoms in total. The number of halogens is 1. The maximum atomic E-state index is 12.7. The largest absolute Gasteiger partial charge is 0.355 e. The lowest BCUT2D eigenvalue weighted by Gasteiger charge is -2.32. The van der Waals surface area contributed by atoms with Crippen molar-refractivity contribution < 1.29 is 4.79 Å². The summed E-state index contributed by atoms with van der Waals surface area (Å²) in [7, 11) is 0. The number of carbonyl (C=O) groups is 1. The van der Waals surface area contributed by atoms with Crippen molar-refractivity contribution in [3.05, 3.63) is 64.5 Å². The zero-order valence-corrected chi connectivity index (χ0v) is 16.8. The molecule has 28 heavy (non-hydrogen) atoms. The summed E-state index contributed by atoms with van der Waals surface area (Å²) in [6, 6.07) is 7.77. The third-order valence-electron chi connectivity index (χ3n) is 4.77. The molecule has 4 rings (SSSR count). The molecule has 8 heteroatoms. The van der Waals surface area contributed by atoms with E-state index in [9.17, 15) is 4.79 Å². The predicted molar refractivity (Wildman–Crippen MR) is 112 cm³/mol. The standard InChI is InChI=1S/C20H20ClN5OS/c21-17-6-2-1-4-14(17)10-16-11-24-20(28-16)25-19(27)15-5-3-9-26(13-15)18-12-22-7-8-23-18/h1-2,4,6-8,11-12,15H,3,5,9-10,13H2,(H,24,25,27). The first-order valence-electron chi connectivity index (χ1n) is 9.19. The Balaban J connectivity index is 1.37. The van der Waals surface area contributed by atoms with Gasteiger partial charge in [0.05, 0.1) is 12.1 Å². The van der Waals surface area contributed by atoms with Gasteiger partial charge in [-0.25, -0.2) is 9.97 Å². The second-order valence-corrected chi connectivity index (χ2v) is 8.26. The summed E-state index contributed by atoms with van der Waals surface area (Å²) < 4.78 is 0. The fourth-order valence-corrected chi connectivity index (χ4v) is 4.38. The van der Waals surface area contributed by atoms with Crippen molar-refractivity contribution in [1.29, 1.82) is 0 Å². The van der Waals surface area contributed by atoms with Crippen LogP contribution in [0.1, 0.15) is 23.3 Å². The van der Waals surface area contributed by atoms with Crippen LogP contribution in [0.15, 0.2) is 49.1 Å². The van der Waals surface area contributed by atoms with Crippen molar-refractivity contribution in [2.75, 3.05) is 23.3 Å². The number of thiazole rings is 1. The highest BCUT2D eigenvalue weighted by molar-refractivity contribution is 7.15. The molecular weight excluding hydrogens is 394 g/mol. The van der Waals surface area contributed by atoms with Crippen LogP contribution in [0.2, 0.25) is 5.02 Å². The van der Waals surface area contributed by atoms with Crippen molar-refractivity contribution in [1.82, 2.24) is 15.0 Å². The number of hydrogen-bond acceptors (Lipinski definition) is 6. The Morgan fingerprint density at radius 2 is 2.14 bits per heavy atom. The first-order valence-corrected chi connectivity index (χ1v) is 10.4. The van der Waals surface area contributed by atoms with Crippen LogP contribution >= 0.6 is 22.9 Å². The molecule has 1 amide bonds. The molecule has 2 aromatic heterocycles. The van der Waals surface area contributed by atoms with E-state index in [0.29, 0.717) is 18.1 Å². The van der Waals surface area contributed by atoms with Crippen molar-refractivity contribution >= 4 is 39.8 Å². The smallest absolute Gasteiger partial charge is 0.231 e. The molecule has 0 saturated carbocycles. The number of benzene rings is 1. The van der Waals surface area contributed by atoms with E-state index in [1.54, 1.807) is 24.8 Å². The first-order chi connectivity index (χ1) is 13.7. The van der Waals surface area contributed by atoms with Gasteiger partial charge in [-0.15, -0.1) is 11.3 Å². The fourth-order valence-electron chi connectivity index (χ4n) is 3.34. The monoisotopic (exact) mass is 413 g/mol. The molecule has 1 aromatic carbocycles. The molecule has 0 aliphatic carbocycles. The van der Waals surface area contributed by atoms with Crippen LogP contribution in [0.3, 0.4) is 0 Å². The van der Waals surface area contributed by atoms with Crippen LogP contribution in [-0.2, 0) is 11.2 Å². The maximum absolute atomic E-state index is 12.7. The van der Waals surface area contributed by atoms with E-state index < -0.39 is 0 Å². The number of carbonyl (C=O) groups excluding carboxylic acids is 1. The quantitative estimate of drug-likeness (QED) is 0.683. The number of nitrogens with zero attached hydrogens (tertiary/aromatic N) is 4. The van der Waals surface area contributed by atoms with Crippen LogP contribution in [0.4, 0.5) is 10.9 Å². The third kappa shape index (κ3) is 4.48. The highest BCUT2D eigenvalue weighted by atomic mass is 35.5. The number of anilines is 2. The average molecular weight is 414 g/mol. The van der Waals surface area contributed by atoms with Gasteiger partial charge in [-0.2, -0.15) is 0 Å². The second-order valence-electron chi connectivity index (χ2n) is 6.74. The Morgan fingerprint density at radius 3 is 2.96 bits per heavy atom. The van der Waals surface area contributed by atoms with Crippen LogP contribution in [0, 0.1) is 5.92 Å². The summed E-state index contributed by atoms with van der Waals surface area (Å²) in [6.45, 7) is 1.53. The molecule has 1 aliphatic rings. The van der Waals surface area contributed by atoms with E-state index in [0.717, 1.165) is 40.7 Å². The van der Waals surface area contributed by atoms with E-state index >= 15 is 0 Å². The maximum Gasteiger partial charge on any atom is 0.231 e. The lowest BCUT2D eigenvalue weighted by atomic mass is 9.97. The zero-order chi connectivity index (χ0) is 19.3. The minimum atomic E-state index is -0.0910. The average Bonchev–Trinajstić information content (AvgIpc) is 3.17. The van der Waals surface area contributed by atoms with Gasteiger partial charge < -0.3 is 10.2 Å². The van der Waals surface area contributed by atoms with Gasteiger partial charge in [-0.05, 0) is 24.5 Å². The summed E-state index contributed by atoms with van der Waals surface area (Å²) in [5, 5.41) is 4.35. The SMILES string of the molecule is O=C(Nc1ncc(Cc2ccccc2Cl)s1)C1CCCN(c2cnccn2)C1. The molecule has 1 atom stereocenters. The predicted octanol–water partition coefficient (Wildman–Crippen LogP) is 4.03. The van der Waals surface area contributed by atoms with Crippen molar-refractivity contribution in [3.63, 3.8) is 0 Å². The van der Waals surface area contributed by atoms with Crippen molar-refractivity contribution in [3.8, 4) is 0 Å². The fraction of sp³-hybridized carbons (Fsp3) is 0.300. The normalized spacial score (nSPS) is 16.8. The molecule has 1 N–H and O–H groups in total. The molecule has 0 bridgehead atoms. The molecule has 3 aromatic rings. The molecule has 1 fully saturated rings. The van der Waals surface area contributed by atoms with E-state index in [-0.39, 0.29) is 11.8 Å². The molecule has 0 radical (unpaired) electrons. The van der Waals surface area contributed by atoms with Gasteiger partial charge >= 0.3 is 0 Å². The van der Waals surface area contributed by atoms with Gasteiger partial charge in [0.25, 0.3) is 0 Å². The first kappa shape index (κ1) is 18.8. The summed E-state index contributed by atoms with van der Waals surface area (Å²) >= 11 is 7.72. The van der Waals surface area contributed by atoms with Crippen LogP contribution in [-0.4, -0.2) is 33.9 Å². The second kappa shape index (κ2) is 8.67. The van der Waals surface area contributed by atoms with Crippen LogP contribution in [0.5, 0.6) is 0 Å². The zero-order valence-electron chi connectivity index (χ0n) is 15.2. The van der Waals surface area contributed by atoms with Gasteiger partial charge in [0, 0.05) is 48.0 Å². The molecule has 1 saturated heterocycles. The van der Waals surface area contributed by atoms with Gasteiger partial charge in [0.2, 0.25) is 5.91 Å². The van der Waals surface area contributed by atoms with Crippen molar-refractivity contribution in [2.24, 2.45) is 5.92 Å². The number of hydrogen-bond donors (Lipinski definition) is 1. The van der Waals surface area contributed by atoms with Crippen LogP contribution in [0.25, 0.3) is 0 Å². The summed E-state index contributed by atoms with van der Waals surface area (Å²) in [5.74, 6) is 0.732. The van der Waals surface area contributed by atoms with Crippen LogP contribution < -0.4 is 10.2 Å². The Hall–Kier alpha value is -2.51.